The zero-order chi connectivity index (χ0) is 13.7. The van der Waals surface area contributed by atoms with Crippen LogP contribution in [0.25, 0.3) is 0 Å². The first-order valence-electron chi connectivity index (χ1n) is 6.87. The fraction of sp³-hybridized carbons (Fsp3) is 0.571. The van der Waals surface area contributed by atoms with Crippen LogP contribution < -0.4 is 10.6 Å². The average Bonchev–Trinajstić information content (AvgIpc) is 2.98. The van der Waals surface area contributed by atoms with E-state index in [4.69, 9.17) is 0 Å². The lowest BCUT2D eigenvalue weighted by Gasteiger charge is -2.23. The van der Waals surface area contributed by atoms with Gasteiger partial charge in [0.1, 0.15) is 5.82 Å². The Morgan fingerprint density at radius 1 is 1.47 bits per heavy atom. The number of anilines is 1. The molecule has 1 saturated heterocycles. The van der Waals surface area contributed by atoms with Gasteiger partial charge in [-0.15, -0.1) is 0 Å². The van der Waals surface area contributed by atoms with Crippen molar-refractivity contribution in [1.82, 2.24) is 15.2 Å². The van der Waals surface area contributed by atoms with Gasteiger partial charge >= 0.3 is 0 Å². The number of pyridine rings is 1. The van der Waals surface area contributed by atoms with Crippen LogP contribution in [0.15, 0.2) is 18.3 Å². The van der Waals surface area contributed by atoms with E-state index in [2.05, 4.69) is 27.4 Å². The summed E-state index contributed by atoms with van der Waals surface area (Å²) in [4.78, 5) is 18.7. The zero-order valence-corrected chi connectivity index (χ0v) is 11.6. The maximum Gasteiger partial charge on any atom is 0.255 e. The summed E-state index contributed by atoms with van der Waals surface area (Å²) in [6.07, 6.45) is 4.21. The van der Waals surface area contributed by atoms with Gasteiger partial charge in [-0.2, -0.15) is 0 Å². The predicted octanol–water partition coefficient (Wildman–Crippen LogP) is 1.34. The van der Waals surface area contributed by atoms with E-state index in [1.807, 2.05) is 0 Å². The highest BCUT2D eigenvalue weighted by Gasteiger charge is 2.19. The monoisotopic (exact) mass is 262 g/mol. The van der Waals surface area contributed by atoms with E-state index in [9.17, 15) is 4.79 Å². The fourth-order valence-electron chi connectivity index (χ4n) is 2.43. The van der Waals surface area contributed by atoms with Gasteiger partial charge in [0.25, 0.3) is 5.91 Å². The van der Waals surface area contributed by atoms with E-state index >= 15 is 0 Å². The van der Waals surface area contributed by atoms with Crippen LogP contribution in [0.5, 0.6) is 0 Å². The fourth-order valence-corrected chi connectivity index (χ4v) is 2.43. The minimum absolute atomic E-state index is 0.0662. The first kappa shape index (κ1) is 13.8. The van der Waals surface area contributed by atoms with E-state index < -0.39 is 0 Å². The summed E-state index contributed by atoms with van der Waals surface area (Å²) in [6, 6.07) is 3.95. The van der Waals surface area contributed by atoms with Crippen molar-refractivity contribution in [1.29, 1.82) is 0 Å². The van der Waals surface area contributed by atoms with Gasteiger partial charge in [0.15, 0.2) is 0 Å². The highest BCUT2D eigenvalue weighted by atomic mass is 16.1. The number of nitrogens with one attached hydrogen (secondary N) is 2. The molecule has 1 amide bonds. The first-order chi connectivity index (χ1) is 9.22. The van der Waals surface area contributed by atoms with Gasteiger partial charge in [0, 0.05) is 25.8 Å². The molecular weight excluding hydrogens is 240 g/mol. The van der Waals surface area contributed by atoms with Crippen LogP contribution in [0.4, 0.5) is 5.82 Å². The van der Waals surface area contributed by atoms with E-state index in [1.54, 1.807) is 25.4 Å². The highest BCUT2D eigenvalue weighted by molar-refractivity contribution is 5.98. The van der Waals surface area contributed by atoms with Crippen LogP contribution in [0.3, 0.4) is 0 Å². The van der Waals surface area contributed by atoms with Crippen molar-refractivity contribution in [2.24, 2.45) is 0 Å². The van der Waals surface area contributed by atoms with E-state index in [0.29, 0.717) is 24.0 Å². The normalized spacial score (nSPS) is 17.2. The topological polar surface area (TPSA) is 57.3 Å². The van der Waals surface area contributed by atoms with E-state index in [0.717, 1.165) is 13.1 Å². The molecule has 19 heavy (non-hydrogen) atoms. The maximum absolute atomic E-state index is 12.1. The molecule has 5 heteroatoms. The van der Waals surface area contributed by atoms with Gasteiger partial charge < -0.3 is 10.6 Å². The number of carbonyl (C=O) groups excluding carboxylic acids is 1. The summed E-state index contributed by atoms with van der Waals surface area (Å²) in [5.41, 5.74) is 0.596. The van der Waals surface area contributed by atoms with Crippen LogP contribution in [-0.4, -0.2) is 48.5 Å². The van der Waals surface area contributed by atoms with Crippen molar-refractivity contribution in [3.05, 3.63) is 23.9 Å². The Bertz CT molecular complexity index is 429. The highest BCUT2D eigenvalue weighted by Crippen LogP contribution is 2.12. The van der Waals surface area contributed by atoms with Crippen molar-refractivity contribution in [2.75, 3.05) is 32.0 Å². The SMILES string of the molecule is CNc1ncccc1C(=O)NCC(C)N1CCCC1. The van der Waals surface area contributed by atoms with Crippen LogP contribution in [0, 0.1) is 0 Å². The largest absolute Gasteiger partial charge is 0.372 e. The lowest BCUT2D eigenvalue weighted by molar-refractivity contribution is 0.0941. The first-order valence-corrected chi connectivity index (χ1v) is 6.87. The molecule has 104 valence electrons. The molecule has 1 unspecified atom stereocenters. The second-order valence-corrected chi connectivity index (χ2v) is 4.95. The quantitative estimate of drug-likeness (QED) is 0.840. The molecule has 1 aliphatic rings. The van der Waals surface area contributed by atoms with Crippen molar-refractivity contribution >= 4 is 11.7 Å². The molecule has 1 fully saturated rings. The molecule has 2 rings (SSSR count). The number of aromatic nitrogens is 1. The molecule has 2 heterocycles. The molecular formula is C14H22N4O. The molecule has 1 atom stereocenters. The molecule has 1 aromatic heterocycles. The molecule has 1 aromatic rings. The smallest absolute Gasteiger partial charge is 0.255 e. The summed E-state index contributed by atoms with van der Waals surface area (Å²) in [6.45, 7) is 5.13. The molecule has 0 aromatic carbocycles. The van der Waals surface area contributed by atoms with Gasteiger partial charge in [-0.05, 0) is 45.0 Å². The zero-order valence-electron chi connectivity index (χ0n) is 11.6. The molecule has 0 aliphatic carbocycles. The van der Waals surface area contributed by atoms with Crippen LogP contribution >= 0.6 is 0 Å². The second kappa shape index (κ2) is 6.52. The van der Waals surface area contributed by atoms with Crippen molar-refractivity contribution in [2.45, 2.75) is 25.8 Å². The van der Waals surface area contributed by atoms with Gasteiger partial charge in [-0.25, -0.2) is 4.98 Å². The minimum Gasteiger partial charge on any atom is -0.372 e. The van der Waals surface area contributed by atoms with Crippen molar-refractivity contribution in [3.8, 4) is 0 Å². The third-order valence-electron chi connectivity index (χ3n) is 3.61. The van der Waals surface area contributed by atoms with Crippen molar-refractivity contribution < 1.29 is 4.79 Å². The number of amides is 1. The molecule has 5 nitrogen and oxygen atoms in total. The van der Waals surface area contributed by atoms with Gasteiger partial charge in [0.2, 0.25) is 0 Å². The van der Waals surface area contributed by atoms with Gasteiger partial charge in [-0.3, -0.25) is 9.69 Å². The average molecular weight is 262 g/mol. The number of carbonyl (C=O) groups is 1. The van der Waals surface area contributed by atoms with Crippen LogP contribution in [0.2, 0.25) is 0 Å². The summed E-state index contributed by atoms with van der Waals surface area (Å²) >= 11 is 0. The number of nitrogens with zero attached hydrogens (tertiary/aromatic N) is 2. The Labute approximate surface area is 114 Å². The van der Waals surface area contributed by atoms with E-state index in [-0.39, 0.29) is 5.91 Å². The number of likely N-dealkylation sites (tertiary alicyclic amines) is 1. The Kier molecular flexibility index (Phi) is 4.74. The molecule has 1 aliphatic heterocycles. The maximum atomic E-state index is 12.1. The summed E-state index contributed by atoms with van der Waals surface area (Å²) in [5.74, 6) is 0.553. The number of hydrogen-bond acceptors (Lipinski definition) is 4. The van der Waals surface area contributed by atoms with Gasteiger partial charge in [-0.1, -0.05) is 0 Å². The molecule has 0 bridgehead atoms. The number of hydrogen-bond donors (Lipinski definition) is 2. The lowest BCUT2D eigenvalue weighted by Crippen LogP contribution is -2.40. The molecule has 0 saturated carbocycles. The van der Waals surface area contributed by atoms with E-state index in [1.165, 1.54) is 12.8 Å². The Balaban J connectivity index is 1.90. The summed E-state index contributed by atoms with van der Waals surface area (Å²) in [5, 5.41) is 5.93. The van der Waals surface area contributed by atoms with Crippen LogP contribution in [-0.2, 0) is 0 Å². The number of rotatable bonds is 5. The third-order valence-corrected chi connectivity index (χ3v) is 3.61. The summed E-state index contributed by atoms with van der Waals surface area (Å²) < 4.78 is 0. The van der Waals surface area contributed by atoms with Crippen LogP contribution in [0.1, 0.15) is 30.1 Å². The summed E-state index contributed by atoms with van der Waals surface area (Å²) in [7, 11) is 1.77. The second-order valence-electron chi connectivity index (χ2n) is 4.95. The Morgan fingerprint density at radius 3 is 2.89 bits per heavy atom. The molecule has 2 N–H and O–H groups in total. The minimum atomic E-state index is -0.0662. The van der Waals surface area contributed by atoms with Gasteiger partial charge in [0.05, 0.1) is 5.56 Å². The predicted molar refractivity (Wildman–Crippen MR) is 76.4 cm³/mol. The standard InChI is InChI=1S/C14H22N4O/c1-11(18-8-3-4-9-18)10-17-14(19)12-6-5-7-16-13(12)15-2/h5-7,11H,3-4,8-10H2,1-2H3,(H,15,16)(H,17,19). The molecule has 0 radical (unpaired) electrons. The molecule has 0 spiro atoms. The lowest BCUT2D eigenvalue weighted by atomic mass is 10.2. The Hall–Kier alpha value is -1.62. The third kappa shape index (κ3) is 3.44. The Morgan fingerprint density at radius 2 is 2.21 bits per heavy atom. The van der Waals surface area contributed by atoms with Crippen molar-refractivity contribution in [3.63, 3.8) is 0 Å².